The summed E-state index contributed by atoms with van der Waals surface area (Å²) in [6.45, 7) is 3.41. The van der Waals surface area contributed by atoms with Crippen LogP contribution in [-0.4, -0.2) is 28.4 Å². The van der Waals surface area contributed by atoms with Crippen molar-refractivity contribution in [3.63, 3.8) is 0 Å². The molecule has 5 nitrogen and oxygen atoms in total. The maximum atomic E-state index is 12.3. The van der Waals surface area contributed by atoms with Crippen LogP contribution in [0.15, 0.2) is 24.4 Å². The van der Waals surface area contributed by atoms with Crippen LogP contribution in [0.5, 0.6) is 0 Å². The summed E-state index contributed by atoms with van der Waals surface area (Å²) >= 11 is 0. The molecule has 2 rings (SSSR count). The zero-order valence-electron chi connectivity index (χ0n) is 10.2. The van der Waals surface area contributed by atoms with Gasteiger partial charge in [-0.2, -0.15) is 0 Å². The molecule has 1 fully saturated rings. The van der Waals surface area contributed by atoms with E-state index >= 15 is 0 Å². The predicted octanol–water partition coefficient (Wildman–Crippen LogP) is 0.872. The van der Waals surface area contributed by atoms with Crippen molar-refractivity contribution in [1.82, 2.24) is 15.2 Å². The molecule has 92 valence electrons. The third-order valence-corrected chi connectivity index (χ3v) is 2.87. The topological polar surface area (TPSA) is 62.3 Å². The van der Waals surface area contributed by atoms with Gasteiger partial charge in [-0.05, 0) is 26.0 Å². The fraction of sp³-hybridized carbons (Fsp3) is 0.308. The van der Waals surface area contributed by atoms with Crippen LogP contribution in [0.2, 0.25) is 0 Å². The second kappa shape index (κ2) is 4.49. The molecule has 1 saturated heterocycles. The Labute approximate surface area is 105 Å². The molecule has 1 atom stereocenters. The van der Waals surface area contributed by atoms with Gasteiger partial charge in [-0.15, -0.1) is 5.92 Å². The smallest absolute Gasteiger partial charge is 0.318 e. The lowest BCUT2D eigenvalue weighted by molar-refractivity contribution is -0.130. The van der Waals surface area contributed by atoms with E-state index in [-0.39, 0.29) is 12.5 Å². The first-order valence-electron chi connectivity index (χ1n) is 5.55. The summed E-state index contributed by atoms with van der Waals surface area (Å²) in [5, 5.41) is 2.66. The third kappa shape index (κ3) is 1.82. The van der Waals surface area contributed by atoms with Gasteiger partial charge in [0.1, 0.15) is 0 Å². The highest BCUT2D eigenvalue weighted by molar-refractivity contribution is 6.07. The maximum absolute atomic E-state index is 12.3. The molecule has 3 amide bonds. The van der Waals surface area contributed by atoms with Crippen LogP contribution in [-0.2, 0) is 10.3 Å². The summed E-state index contributed by atoms with van der Waals surface area (Å²) in [7, 11) is 0. The minimum Gasteiger partial charge on any atom is -0.318 e. The van der Waals surface area contributed by atoms with E-state index in [1.165, 1.54) is 0 Å². The molecule has 2 heterocycles. The van der Waals surface area contributed by atoms with Crippen LogP contribution >= 0.6 is 0 Å². The van der Waals surface area contributed by atoms with Crippen molar-refractivity contribution in [3.8, 4) is 11.8 Å². The van der Waals surface area contributed by atoms with E-state index in [2.05, 4.69) is 22.1 Å². The van der Waals surface area contributed by atoms with Crippen molar-refractivity contribution in [2.75, 3.05) is 6.54 Å². The molecule has 0 saturated carbocycles. The van der Waals surface area contributed by atoms with E-state index in [1.807, 2.05) is 0 Å². The number of carbonyl (C=O) groups is 2. The monoisotopic (exact) mass is 243 g/mol. The number of amides is 3. The Hall–Kier alpha value is -2.35. The molecule has 18 heavy (non-hydrogen) atoms. The Bertz CT molecular complexity index is 544. The summed E-state index contributed by atoms with van der Waals surface area (Å²) < 4.78 is 0. The maximum Gasteiger partial charge on any atom is 0.326 e. The fourth-order valence-electron chi connectivity index (χ4n) is 1.83. The molecule has 1 N–H and O–H groups in total. The Balaban J connectivity index is 2.34. The molecule has 0 radical (unpaired) electrons. The van der Waals surface area contributed by atoms with Gasteiger partial charge in [0.05, 0.1) is 12.2 Å². The number of carbonyl (C=O) groups excluding carboxylic acids is 2. The van der Waals surface area contributed by atoms with Crippen molar-refractivity contribution < 1.29 is 9.59 Å². The second-order valence-corrected chi connectivity index (χ2v) is 4.09. The van der Waals surface area contributed by atoms with Crippen molar-refractivity contribution >= 4 is 11.9 Å². The third-order valence-electron chi connectivity index (χ3n) is 2.87. The molecule has 1 aromatic heterocycles. The summed E-state index contributed by atoms with van der Waals surface area (Å²) in [5.74, 6) is 5.05. The minimum absolute atomic E-state index is 0.101. The predicted molar refractivity (Wildman–Crippen MR) is 65.3 cm³/mol. The van der Waals surface area contributed by atoms with Crippen molar-refractivity contribution in [2.24, 2.45) is 0 Å². The molecule has 0 unspecified atom stereocenters. The molecule has 0 aromatic carbocycles. The highest BCUT2D eigenvalue weighted by Crippen LogP contribution is 2.26. The van der Waals surface area contributed by atoms with Crippen molar-refractivity contribution in [1.29, 1.82) is 0 Å². The van der Waals surface area contributed by atoms with Gasteiger partial charge in [0, 0.05) is 6.20 Å². The number of hydrogen-bond acceptors (Lipinski definition) is 3. The Kier molecular flexibility index (Phi) is 3.02. The van der Waals surface area contributed by atoms with Crippen LogP contribution in [0.4, 0.5) is 4.79 Å². The standard InChI is InChI=1S/C13H13N3O2/c1-3-4-9-16-11(17)13(2,15-12(16)18)10-7-5-6-8-14-10/h5-8H,9H2,1-2H3,(H,15,18)/t13-/m1/s1. The number of nitrogens with zero attached hydrogens (tertiary/aromatic N) is 2. The van der Waals surface area contributed by atoms with Crippen LogP contribution < -0.4 is 5.32 Å². The van der Waals surface area contributed by atoms with Crippen LogP contribution in [0.25, 0.3) is 0 Å². The van der Waals surface area contributed by atoms with Gasteiger partial charge in [0.2, 0.25) is 0 Å². The normalized spacial score (nSPS) is 22.4. The molecule has 1 aliphatic heterocycles. The van der Waals surface area contributed by atoms with Gasteiger partial charge in [-0.25, -0.2) is 4.79 Å². The van der Waals surface area contributed by atoms with E-state index in [4.69, 9.17) is 0 Å². The van der Waals surface area contributed by atoms with Gasteiger partial charge in [-0.1, -0.05) is 12.0 Å². The first-order chi connectivity index (χ1) is 8.59. The van der Waals surface area contributed by atoms with E-state index in [0.29, 0.717) is 5.69 Å². The summed E-state index contributed by atoms with van der Waals surface area (Å²) in [5.41, 5.74) is -0.580. The number of pyridine rings is 1. The number of urea groups is 1. The largest absolute Gasteiger partial charge is 0.326 e. The van der Waals surface area contributed by atoms with Crippen molar-refractivity contribution in [3.05, 3.63) is 30.1 Å². The summed E-state index contributed by atoms with van der Waals surface area (Å²) in [4.78, 5) is 29.3. The SMILES string of the molecule is CC#CCN1C(=O)N[C@](C)(c2ccccn2)C1=O. The van der Waals surface area contributed by atoms with Gasteiger partial charge in [0.15, 0.2) is 5.54 Å². The van der Waals surface area contributed by atoms with E-state index < -0.39 is 11.6 Å². The fourth-order valence-corrected chi connectivity index (χ4v) is 1.83. The number of imide groups is 1. The lowest BCUT2D eigenvalue weighted by Crippen LogP contribution is -2.41. The van der Waals surface area contributed by atoms with Gasteiger partial charge < -0.3 is 5.32 Å². The van der Waals surface area contributed by atoms with Crippen LogP contribution in [0.1, 0.15) is 19.5 Å². The highest BCUT2D eigenvalue weighted by Gasteiger charge is 2.49. The highest BCUT2D eigenvalue weighted by atomic mass is 16.2. The Morgan fingerprint density at radius 1 is 1.44 bits per heavy atom. The van der Waals surface area contributed by atoms with Gasteiger partial charge in [0.25, 0.3) is 5.91 Å². The molecule has 5 heteroatoms. The zero-order valence-corrected chi connectivity index (χ0v) is 10.2. The molecule has 0 bridgehead atoms. The molecule has 0 aliphatic carbocycles. The molecule has 1 aliphatic rings. The molecule has 1 aromatic rings. The number of aromatic nitrogens is 1. The molecular weight excluding hydrogens is 230 g/mol. The average molecular weight is 243 g/mol. The molecular formula is C13H13N3O2. The molecule has 0 spiro atoms. The zero-order chi connectivity index (χ0) is 13.2. The van der Waals surface area contributed by atoms with Crippen molar-refractivity contribution in [2.45, 2.75) is 19.4 Å². The number of nitrogens with one attached hydrogen (secondary N) is 1. The Morgan fingerprint density at radius 2 is 2.22 bits per heavy atom. The summed E-state index contributed by atoms with van der Waals surface area (Å²) in [6.07, 6.45) is 1.59. The lowest BCUT2D eigenvalue weighted by atomic mass is 9.97. The average Bonchev–Trinajstić information content (AvgIpc) is 2.60. The quantitative estimate of drug-likeness (QED) is 0.619. The second-order valence-electron chi connectivity index (χ2n) is 4.09. The van der Waals surface area contributed by atoms with E-state index in [1.54, 1.807) is 38.2 Å². The first-order valence-corrected chi connectivity index (χ1v) is 5.55. The van der Waals surface area contributed by atoms with Crippen LogP contribution in [0, 0.1) is 11.8 Å². The van der Waals surface area contributed by atoms with Gasteiger partial charge in [-0.3, -0.25) is 14.7 Å². The van der Waals surface area contributed by atoms with E-state index in [0.717, 1.165) is 4.90 Å². The minimum atomic E-state index is -1.10. The lowest BCUT2D eigenvalue weighted by Gasteiger charge is -2.20. The number of rotatable bonds is 2. The van der Waals surface area contributed by atoms with E-state index in [9.17, 15) is 9.59 Å². The summed E-state index contributed by atoms with van der Waals surface area (Å²) in [6, 6.07) is 4.82. The first kappa shape index (κ1) is 12.1. The van der Waals surface area contributed by atoms with Crippen LogP contribution in [0.3, 0.4) is 0 Å². The Morgan fingerprint density at radius 3 is 2.83 bits per heavy atom. The number of hydrogen-bond donors (Lipinski definition) is 1. The van der Waals surface area contributed by atoms with Gasteiger partial charge >= 0.3 is 6.03 Å².